The Morgan fingerprint density at radius 2 is 2.07 bits per heavy atom. The van der Waals surface area contributed by atoms with Crippen LogP contribution >= 0.6 is 23.1 Å². The molecule has 4 aromatic rings. The van der Waals surface area contributed by atoms with Crippen molar-refractivity contribution in [3.05, 3.63) is 60.4 Å². The quantitative estimate of drug-likeness (QED) is 0.372. The van der Waals surface area contributed by atoms with Crippen molar-refractivity contribution < 1.29 is 13.9 Å². The minimum absolute atomic E-state index is 0.0922. The molecule has 30 heavy (non-hydrogen) atoms. The molecule has 0 unspecified atom stereocenters. The van der Waals surface area contributed by atoms with Gasteiger partial charge >= 0.3 is 0 Å². The van der Waals surface area contributed by atoms with E-state index in [0.29, 0.717) is 9.47 Å². The second-order valence-corrected chi connectivity index (χ2v) is 8.69. The lowest BCUT2D eigenvalue weighted by Gasteiger charge is -2.10. The van der Waals surface area contributed by atoms with Gasteiger partial charge in [-0.25, -0.2) is 0 Å². The molecule has 154 valence electrons. The summed E-state index contributed by atoms with van der Waals surface area (Å²) < 4.78 is 11.7. The summed E-state index contributed by atoms with van der Waals surface area (Å²) in [5.41, 5.74) is 1.67. The lowest BCUT2D eigenvalue weighted by Crippen LogP contribution is -2.27. The number of carbonyl (C=O) groups is 1. The van der Waals surface area contributed by atoms with Crippen molar-refractivity contribution in [3.8, 4) is 5.75 Å². The van der Waals surface area contributed by atoms with Gasteiger partial charge in [-0.2, -0.15) is 0 Å². The van der Waals surface area contributed by atoms with Gasteiger partial charge in [0, 0.05) is 17.1 Å². The summed E-state index contributed by atoms with van der Waals surface area (Å²) in [5, 5.41) is 16.1. The van der Waals surface area contributed by atoms with E-state index in [1.165, 1.54) is 23.1 Å². The third kappa shape index (κ3) is 4.92. The standard InChI is InChI=1S/C21H20N4O3S2/c1-13(18-10-14-6-3-4-9-17(14)28-18)22-19(26)12-29-21-25-24-20(30-21)23-15-7-5-8-16(11-15)27-2/h3-11,13H,12H2,1-2H3,(H,22,26)(H,23,24)/t13-/m0/s1. The zero-order valence-corrected chi connectivity index (χ0v) is 18.0. The van der Waals surface area contributed by atoms with Crippen molar-refractivity contribution in [3.63, 3.8) is 0 Å². The van der Waals surface area contributed by atoms with E-state index < -0.39 is 0 Å². The van der Waals surface area contributed by atoms with Crippen LogP contribution in [-0.4, -0.2) is 29.0 Å². The number of ether oxygens (including phenoxy) is 1. The Balaban J connectivity index is 1.29. The molecule has 2 N–H and O–H groups in total. The molecular weight excluding hydrogens is 420 g/mol. The highest BCUT2D eigenvalue weighted by atomic mass is 32.2. The predicted molar refractivity (Wildman–Crippen MR) is 120 cm³/mol. The van der Waals surface area contributed by atoms with Crippen LogP contribution in [0.3, 0.4) is 0 Å². The normalized spacial score (nSPS) is 11.9. The van der Waals surface area contributed by atoms with E-state index in [4.69, 9.17) is 9.15 Å². The second kappa shape index (κ2) is 9.19. The summed E-state index contributed by atoms with van der Waals surface area (Å²) in [6.07, 6.45) is 0. The number of rotatable bonds is 8. The Morgan fingerprint density at radius 3 is 2.90 bits per heavy atom. The van der Waals surface area contributed by atoms with Crippen LogP contribution in [0.1, 0.15) is 18.7 Å². The van der Waals surface area contributed by atoms with Gasteiger partial charge < -0.3 is 19.8 Å². The molecule has 0 aliphatic carbocycles. The second-order valence-electron chi connectivity index (χ2n) is 6.49. The number of aromatic nitrogens is 2. The molecule has 0 aliphatic rings. The van der Waals surface area contributed by atoms with Crippen LogP contribution in [0.15, 0.2) is 63.4 Å². The summed E-state index contributed by atoms with van der Waals surface area (Å²) in [4.78, 5) is 12.3. The number of hydrogen-bond acceptors (Lipinski definition) is 8. The fourth-order valence-electron chi connectivity index (χ4n) is 2.84. The minimum Gasteiger partial charge on any atom is -0.497 e. The van der Waals surface area contributed by atoms with E-state index >= 15 is 0 Å². The Hall–Kier alpha value is -3.04. The first-order valence-electron chi connectivity index (χ1n) is 9.26. The zero-order valence-electron chi connectivity index (χ0n) is 16.4. The Labute approximate surface area is 181 Å². The predicted octanol–water partition coefficient (Wildman–Crippen LogP) is 5.01. The minimum atomic E-state index is -0.217. The van der Waals surface area contributed by atoms with Crippen molar-refractivity contribution >= 4 is 50.8 Å². The molecule has 2 aromatic carbocycles. The van der Waals surface area contributed by atoms with E-state index in [0.717, 1.165) is 28.2 Å². The number of para-hydroxylation sites is 1. The molecule has 9 heteroatoms. The number of thioether (sulfide) groups is 1. The fraction of sp³-hybridized carbons (Fsp3) is 0.190. The van der Waals surface area contributed by atoms with Crippen LogP contribution < -0.4 is 15.4 Å². The molecule has 0 fully saturated rings. The van der Waals surface area contributed by atoms with Crippen LogP contribution in [0, 0.1) is 0 Å². The lowest BCUT2D eigenvalue weighted by atomic mass is 10.2. The molecule has 7 nitrogen and oxygen atoms in total. The largest absolute Gasteiger partial charge is 0.497 e. The number of nitrogens with zero attached hydrogens (tertiary/aromatic N) is 2. The number of nitrogens with one attached hydrogen (secondary N) is 2. The average Bonchev–Trinajstić information content (AvgIpc) is 3.39. The van der Waals surface area contributed by atoms with Gasteiger partial charge in [0.2, 0.25) is 11.0 Å². The van der Waals surface area contributed by atoms with E-state index in [9.17, 15) is 4.79 Å². The molecular formula is C21H20N4O3S2. The number of anilines is 2. The molecule has 1 atom stereocenters. The van der Waals surface area contributed by atoms with Crippen molar-refractivity contribution in [2.24, 2.45) is 0 Å². The molecule has 4 rings (SSSR count). The van der Waals surface area contributed by atoms with Crippen LogP contribution in [0.4, 0.5) is 10.8 Å². The Bertz CT molecular complexity index is 1120. The number of methoxy groups -OCH3 is 1. The monoisotopic (exact) mass is 440 g/mol. The van der Waals surface area contributed by atoms with Gasteiger partial charge in [-0.05, 0) is 31.2 Å². The fourth-order valence-corrected chi connectivity index (χ4v) is 4.42. The number of furan rings is 1. The highest BCUT2D eigenvalue weighted by Gasteiger charge is 2.15. The van der Waals surface area contributed by atoms with Gasteiger partial charge in [0.25, 0.3) is 0 Å². The molecule has 1 amide bonds. The first kappa shape index (κ1) is 20.2. The highest BCUT2D eigenvalue weighted by molar-refractivity contribution is 8.01. The first-order valence-corrected chi connectivity index (χ1v) is 11.1. The SMILES string of the molecule is COc1cccc(Nc2nnc(SCC(=O)N[C@@H](C)c3cc4ccccc4o3)s2)c1. The van der Waals surface area contributed by atoms with Gasteiger partial charge in [-0.15, -0.1) is 10.2 Å². The number of amides is 1. The molecule has 0 saturated heterocycles. The molecule has 2 aromatic heterocycles. The Morgan fingerprint density at radius 1 is 1.20 bits per heavy atom. The van der Waals surface area contributed by atoms with Gasteiger partial charge in [0.05, 0.1) is 18.9 Å². The van der Waals surface area contributed by atoms with Crippen LogP contribution in [-0.2, 0) is 4.79 Å². The summed E-state index contributed by atoms with van der Waals surface area (Å²) in [6, 6.07) is 17.1. The van der Waals surface area contributed by atoms with Crippen molar-refractivity contribution in [1.29, 1.82) is 0 Å². The Kier molecular flexibility index (Phi) is 6.20. The number of hydrogen-bond donors (Lipinski definition) is 2. The molecule has 0 saturated carbocycles. The van der Waals surface area contributed by atoms with Crippen molar-refractivity contribution in [1.82, 2.24) is 15.5 Å². The summed E-state index contributed by atoms with van der Waals surface area (Å²) in [5.74, 6) is 1.65. The molecule has 0 spiro atoms. The topological polar surface area (TPSA) is 89.3 Å². The molecule has 0 aliphatic heterocycles. The lowest BCUT2D eigenvalue weighted by molar-refractivity contribution is -0.119. The number of benzene rings is 2. The van der Waals surface area contributed by atoms with Gasteiger partial charge in [0.1, 0.15) is 17.1 Å². The van der Waals surface area contributed by atoms with Crippen molar-refractivity contribution in [2.75, 3.05) is 18.2 Å². The van der Waals surface area contributed by atoms with Crippen LogP contribution in [0.5, 0.6) is 5.75 Å². The summed E-state index contributed by atoms with van der Waals surface area (Å²) in [7, 11) is 1.62. The van der Waals surface area contributed by atoms with Gasteiger partial charge in [0.15, 0.2) is 4.34 Å². The third-order valence-corrected chi connectivity index (χ3v) is 6.28. The first-order chi connectivity index (χ1) is 14.6. The number of carbonyl (C=O) groups excluding carboxylic acids is 1. The third-order valence-electron chi connectivity index (χ3n) is 4.30. The smallest absolute Gasteiger partial charge is 0.231 e. The maximum Gasteiger partial charge on any atom is 0.231 e. The molecule has 0 bridgehead atoms. The van der Waals surface area contributed by atoms with E-state index in [1.54, 1.807) is 7.11 Å². The maximum absolute atomic E-state index is 12.3. The van der Waals surface area contributed by atoms with Crippen LogP contribution in [0.2, 0.25) is 0 Å². The van der Waals surface area contributed by atoms with Gasteiger partial charge in [-0.3, -0.25) is 4.79 Å². The van der Waals surface area contributed by atoms with E-state index in [-0.39, 0.29) is 17.7 Å². The summed E-state index contributed by atoms with van der Waals surface area (Å²) >= 11 is 2.74. The average molecular weight is 441 g/mol. The summed E-state index contributed by atoms with van der Waals surface area (Å²) in [6.45, 7) is 1.90. The zero-order chi connectivity index (χ0) is 20.9. The molecule has 2 heterocycles. The van der Waals surface area contributed by atoms with Gasteiger partial charge in [-0.1, -0.05) is 47.4 Å². The van der Waals surface area contributed by atoms with E-state index in [2.05, 4.69) is 20.8 Å². The van der Waals surface area contributed by atoms with Crippen molar-refractivity contribution in [2.45, 2.75) is 17.3 Å². The van der Waals surface area contributed by atoms with E-state index in [1.807, 2.05) is 61.5 Å². The highest BCUT2D eigenvalue weighted by Crippen LogP contribution is 2.29. The molecule has 0 radical (unpaired) electrons. The number of fused-ring (bicyclic) bond motifs is 1. The maximum atomic E-state index is 12.3. The van der Waals surface area contributed by atoms with Crippen LogP contribution in [0.25, 0.3) is 11.0 Å².